The van der Waals surface area contributed by atoms with Crippen LogP contribution >= 0.6 is 0 Å². The molecule has 5 heteroatoms. The van der Waals surface area contributed by atoms with E-state index in [1.807, 2.05) is 38.1 Å². The molecule has 0 atom stereocenters. The topological polar surface area (TPSA) is 58.0 Å². The highest BCUT2D eigenvalue weighted by atomic mass is 16.5. The molecule has 0 saturated carbocycles. The molecule has 2 aromatic rings. The van der Waals surface area contributed by atoms with Crippen LogP contribution < -0.4 is 4.74 Å². The molecule has 24 heavy (non-hydrogen) atoms. The van der Waals surface area contributed by atoms with Gasteiger partial charge in [0.1, 0.15) is 5.75 Å². The molecule has 1 saturated heterocycles. The maximum atomic E-state index is 9.55. The van der Waals surface area contributed by atoms with Crippen LogP contribution in [0, 0.1) is 20.8 Å². The zero-order valence-electron chi connectivity index (χ0n) is 14.4. The Morgan fingerprint density at radius 3 is 2.54 bits per heavy atom. The summed E-state index contributed by atoms with van der Waals surface area (Å²) in [6.45, 7) is 7.76. The summed E-state index contributed by atoms with van der Waals surface area (Å²) in [5, 5.41) is 13.1. The first kappa shape index (κ1) is 16.3. The Bertz CT molecular complexity index is 765. The van der Waals surface area contributed by atoms with Crippen molar-refractivity contribution in [2.75, 3.05) is 13.1 Å². The van der Waals surface area contributed by atoms with E-state index in [-0.39, 0.29) is 0 Å². The van der Waals surface area contributed by atoms with E-state index in [1.165, 1.54) is 5.56 Å². The maximum Gasteiger partial charge on any atom is 0.230 e. The fourth-order valence-electron chi connectivity index (χ4n) is 3.02. The van der Waals surface area contributed by atoms with Crippen LogP contribution in [0.3, 0.4) is 0 Å². The van der Waals surface area contributed by atoms with E-state index in [1.54, 1.807) is 0 Å². The third-order valence-electron chi connectivity index (χ3n) is 4.28. The van der Waals surface area contributed by atoms with Crippen molar-refractivity contribution in [1.29, 1.82) is 0 Å². The van der Waals surface area contributed by atoms with Crippen LogP contribution in [-0.4, -0.2) is 34.0 Å². The van der Waals surface area contributed by atoms with Crippen molar-refractivity contribution < 1.29 is 9.94 Å². The smallest absolute Gasteiger partial charge is 0.230 e. The summed E-state index contributed by atoms with van der Waals surface area (Å²) in [4.78, 5) is 6.60. The van der Waals surface area contributed by atoms with Crippen molar-refractivity contribution >= 4 is 5.84 Å². The Labute approximate surface area is 142 Å². The largest absolute Gasteiger partial charge is 0.438 e. The molecule has 1 aliphatic heterocycles. The zero-order chi connectivity index (χ0) is 17.1. The highest BCUT2D eigenvalue weighted by Crippen LogP contribution is 2.29. The standard InChI is InChI=1S/C19H23N3O2/c1-13-6-9-17(14(2)12-13)24-19-16(8-7-15(3)20-19)18(21-23)22-10-4-5-11-22/h6-9,12,23H,4-5,10-11H2,1-3H3/b21-18-. The van der Waals surface area contributed by atoms with Crippen LogP contribution in [0.25, 0.3) is 0 Å². The molecule has 0 aliphatic carbocycles. The minimum Gasteiger partial charge on any atom is -0.438 e. The number of ether oxygens (including phenoxy) is 1. The van der Waals surface area contributed by atoms with Crippen molar-refractivity contribution in [2.45, 2.75) is 33.6 Å². The van der Waals surface area contributed by atoms with Gasteiger partial charge in [0.15, 0.2) is 5.84 Å². The summed E-state index contributed by atoms with van der Waals surface area (Å²) in [5.41, 5.74) is 3.81. The lowest BCUT2D eigenvalue weighted by atomic mass is 10.1. The quantitative estimate of drug-likeness (QED) is 0.401. The van der Waals surface area contributed by atoms with Crippen LogP contribution in [0.2, 0.25) is 0 Å². The number of nitrogens with zero attached hydrogens (tertiary/aromatic N) is 3. The number of hydrogen-bond donors (Lipinski definition) is 1. The third kappa shape index (κ3) is 3.35. The molecule has 0 radical (unpaired) electrons. The van der Waals surface area contributed by atoms with Crippen LogP contribution in [0.4, 0.5) is 0 Å². The van der Waals surface area contributed by atoms with E-state index in [9.17, 15) is 5.21 Å². The Morgan fingerprint density at radius 1 is 1.12 bits per heavy atom. The van der Waals surface area contributed by atoms with E-state index >= 15 is 0 Å². The first-order chi connectivity index (χ1) is 11.6. The van der Waals surface area contributed by atoms with Crippen molar-refractivity contribution in [3.63, 3.8) is 0 Å². The second kappa shape index (κ2) is 6.91. The summed E-state index contributed by atoms with van der Waals surface area (Å²) >= 11 is 0. The van der Waals surface area contributed by atoms with Gasteiger partial charge in [0.2, 0.25) is 5.88 Å². The fraction of sp³-hybridized carbons (Fsp3) is 0.368. The SMILES string of the molecule is Cc1ccc(Oc2nc(C)ccc2/C(=N/O)N2CCCC2)c(C)c1. The van der Waals surface area contributed by atoms with E-state index in [4.69, 9.17) is 4.74 Å². The lowest BCUT2D eigenvalue weighted by molar-refractivity contribution is 0.306. The molecule has 0 bridgehead atoms. The van der Waals surface area contributed by atoms with Crippen LogP contribution in [-0.2, 0) is 0 Å². The first-order valence-electron chi connectivity index (χ1n) is 8.28. The molecule has 0 amide bonds. The summed E-state index contributed by atoms with van der Waals surface area (Å²) < 4.78 is 6.09. The van der Waals surface area contributed by atoms with E-state index in [2.05, 4.69) is 28.0 Å². The first-order valence-corrected chi connectivity index (χ1v) is 8.28. The molecule has 1 aliphatic rings. The predicted molar refractivity (Wildman–Crippen MR) is 94.1 cm³/mol. The minimum atomic E-state index is 0.474. The molecule has 2 heterocycles. The molecule has 1 fully saturated rings. The highest BCUT2D eigenvalue weighted by molar-refractivity contribution is 6.00. The fourth-order valence-corrected chi connectivity index (χ4v) is 3.02. The number of aryl methyl sites for hydroxylation is 3. The van der Waals surface area contributed by atoms with Gasteiger partial charge in [0, 0.05) is 18.8 Å². The van der Waals surface area contributed by atoms with Gasteiger partial charge in [-0.25, -0.2) is 4.98 Å². The lowest BCUT2D eigenvalue weighted by Gasteiger charge is -2.20. The Hall–Kier alpha value is -2.56. The Kier molecular flexibility index (Phi) is 4.69. The van der Waals surface area contributed by atoms with Crippen molar-refractivity contribution in [3.8, 4) is 11.6 Å². The number of pyridine rings is 1. The van der Waals surface area contributed by atoms with Gasteiger partial charge in [-0.15, -0.1) is 0 Å². The van der Waals surface area contributed by atoms with Gasteiger partial charge in [0.25, 0.3) is 0 Å². The summed E-state index contributed by atoms with van der Waals surface area (Å²) in [6.07, 6.45) is 2.21. The van der Waals surface area contributed by atoms with Gasteiger partial charge < -0.3 is 14.8 Å². The molecule has 126 valence electrons. The zero-order valence-corrected chi connectivity index (χ0v) is 14.4. The molecule has 1 aromatic heterocycles. The van der Waals surface area contributed by atoms with Gasteiger partial charge in [-0.1, -0.05) is 22.9 Å². The Balaban J connectivity index is 1.99. The van der Waals surface area contributed by atoms with Gasteiger partial charge in [-0.05, 0) is 57.4 Å². The number of likely N-dealkylation sites (tertiary alicyclic amines) is 1. The summed E-state index contributed by atoms with van der Waals surface area (Å²) in [6, 6.07) is 9.86. The number of oxime groups is 1. The monoisotopic (exact) mass is 325 g/mol. The summed E-state index contributed by atoms with van der Waals surface area (Å²) in [5.74, 6) is 1.76. The Morgan fingerprint density at radius 2 is 1.88 bits per heavy atom. The summed E-state index contributed by atoms with van der Waals surface area (Å²) in [7, 11) is 0. The van der Waals surface area contributed by atoms with Crippen molar-refractivity contribution in [1.82, 2.24) is 9.88 Å². The number of hydrogen-bond acceptors (Lipinski definition) is 4. The average molecular weight is 325 g/mol. The molecular formula is C19H23N3O2. The van der Waals surface area contributed by atoms with Gasteiger partial charge in [-0.3, -0.25) is 0 Å². The number of aromatic nitrogens is 1. The molecule has 0 spiro atoms. The minimum absolute atomic E-state index is 0.474. The highest BCUT2D eigenvalue weighted by Gasteiger charge is 2.23. The van der Waals surface area contributed by atoms with Crippen molar-refractivity contribution in [3.05, 3.63) is 52.7 Å². The number of benzene rings is 1. The second-order valence-corrected chi connectivity index (χ2v) is 6.29. The van der Waals surface area contributed by atoms with Gasteiger partial charge in [-0.2, -0.15) is 0 Å². The van der Waals surface area contributed by atoms with E-state index in [0.717, 1.165) is 42.9 Å². The number of rotatable bonds is 3. The van der Waals surface area contributed by atoms with E-state index < -0.39 is 0 Å². The molecular weight excluding hydrogens is 302 g/mol. The molecule has 5 nitrogen and oxygen atoms in total. The predicted octanol–water partition coefficient (Wildman–Crippen LogP) is 4.03. The second-order valence-electron chi connectivity index (χ2n) is 6.29. The third-order valence-corrected chi connectivity index (χ3v) is 4.28. The number of amidine groups is 1. The normalized spacial score (nSPS) is 15.0. The van der Waals surface area contributed by atoms with Gasteiger partial charge in [0.05, 0.1) is 5.56 Å². The molecule has 0 unspecified atom stereocenters. The van der Waals surface area contributed by atoms with Gasteiger partial charge >= 0.3 is 0 Å². The average Bonchev–Trinajstić information content (AvgIpc) is 3.07. The lowest BCUT2D eigenvalue weighted by Crippen LogP contribution is -2.29. The maximum absolute atomic E-state index is 9.55. The molecule has 1 aromatic carbocycles. The molecule has 3 rings (SSSR count). The van der Waals surface area contributed by atoms with Crippen LogP contribution in [0.5, 0.6) is 11.6 Å². The van der Waals surface area contributed by atoms with E-state index in [0.29, 0.717) is 17.3 Å². The van der Waals surface area contributed by atoms with Crippen molar-refractivity contribution in [2.24, 2.45) is 5.16 Å². The van der Waals surface area contributed by atoms with Crippen LogP contribution in [0.15, 0.2) is 35.5 Å². The molecule has 1 N–H and O–H groups in total. The van der Waals surface area contributed by atoms with Crippen LogP contribution in [0.1, 0.15) is 35.2 Å².